The minimum Gasteiger partial charge on any atom is -0.478 e. The van der Waals surface area contributed by atoms with Gasteiger partial charge >= 0.3 is 5.97 Å². The molecule has 1 aromatic rings. The van der Waals surface area contributed by atoms with Gasteiger partial charge in [0.15, 0.2) is 9.84 Å². The second kappa shape index (κ2) is 11.2. The third kappa shape index (κ3) is 4.90. The first-order valence-corrected chi connectivity index (χ1v) is 20.2. The maximum atomic E-state index is 11.9. The van der Waals surface area contributed by atoms with Gasteiger partial charge in [-0.2, -0.15) is 0 Å². The molecule has 0 bridgehead atoms. The first kappa shape index (κ1) is 32.8. The topological polar surface area (TPSA) is 86.7 Å². The Balaban J connectivity index is 1.10. The lowest BCUT2D eigenvalue weighted by Crippen LogP contribution is -2.67. The van der Waals surface area contributed by atoms with Crippen LogP contribution in [0.5, 0.6) is 0 Å². The highest BCUT2D eigenvalue weighted by atomic mass is 32.2. The van der Waals surface area contributed by atoms with Gasteiger partial charge in [-0.05, 0) is 126 Å². The van der Waals surface area contributed by atoms with Crippen molar-refractivity contribution in [2.24, 2.45) is 45.3 Å². The van der Waals surface area contributed by atoms with E-state index >= 15 is 0 Å². The van der Waals surface area contributed by atoms with Crippen LogP contribution in [0.4, 0.5) is 0 Å². The van der Waals surface area contributed by atoms with Gasteiger partial charge in [-0.3, -0.25) is 0 Å². The predicted octanol–water partition coefficient (Wildman–Crippen LogP) is 7.31. The molecule has 5 fully saturated rings. The number of carbonyl (C=O) groups is 1. The van der Waals surface area contributed by atoms with Gasteiger partial charge in [0.1, 0.15) is 0 Å². The number of sulfone groups is 1. The quantitative estimate of drug-likeness (QED) is 0.336. The lowest BCUT2D eigenvalue weighted by molar-refractivity contribution is -0.217. The van der Waals surface area contributed by atoms with Gasteiger partial charge < -0.3 is 15.3 Å². The first-order valence-electron chi connectivity index (χ1n) is 18.4. The molecular formula is C39H58N2O4S. The van der Waals surface area contributed by atoms with Crippen molar-refractivity contribution in [2.75, 3.05) is 37.7 Å². The highest BCUT2D eigenvalue weighted by molar-refractivity contribution is 7.91. The number of rotatable bonds is 6. The molecule has 2 N–H and O–H groups in total. The Hall–Kier alpha value is -1.70. The van der Waals surface area contributed by atoms with E-state index < -0.39 is 15.8 Å². The number of hydrogen-bond acceptors (Lipinski definition) is 5. The van der Waals surface area contributed by atoms with E-state index in [1.54, 1.807) is 12.1 Å². The van der Waals surface area contributed by atoms with Crippen molar-refractivity contribution in [3.05, 3.63) is 41.5 Å². The number of carboxylic acids is 1. The molecule has 1 saturated heterocycles. The van der Waals surface area contributed by atoms with Crippen molar-refractivity contribution in [1.82, 2.24) is 10.2 Å². The summed E-state index contributed by atoms with van der Waals surface area (Å²) in [5.74, 6) is 2.61. The third-order valence-corrected chi connectivity index (χ3v) is 17.3. The summed E-state index contributed by atoms with van der Waals surface area (Å²) in [6.07, 6.45) is 15.5. The molecule has 46 heavy (non-hydrogen) atoms. The standard InChI is InChI=1S/C39H58N2O4S/c1-35(2)29(27-8-10-28(11-9-27)34(42)43)14-17-36(3)32(35)15-18-38(5)33(36)13-12-30-31-7-6-16-39(31,20-19-37(30,38)4)40-21-22-41-23-25-46(44,45)26-24-41/h8-11,14,30-33,40H,6-7,12-13,15-26H2,1-5H3,(H,42,43)/t30?,31?,32?,33?,36?,37-,38?,39?/m1/s1. The molecule has 0 radical (unpaired) electrons. The fourth-order valence-electron chi connectivity index (χ4n) is 13.2. The molecule has 5 aliphatic carbocycles. The van der Waals surface area contributed by atoms with Crippen LogP contribution >= 0.6 is 0 Å². The molecule has 254 valence electrons. The van der Waals surface area contributed by atoms with E-state index in [1.165, 1.54) is 68.9 Å². The van der Waals surface area contributed by atoms with Crippen LogP contribution in [0.25, 0.3) is 5.57 Å². The Kier molecular flexibility index (Phi) is 7.97. The molecule has 0 spiro atoms. The fourth-order valence-corrected chi connectivity index (χ4v) is 14.5. The van der Waals surface area contributed by atoms with Crippen molar-refractivity contribution in [1.29, 1.82) is 0 Å². The molecule has 7 heteroatoms. The van der Waals surface area contributed by atoms with Crippen LogP contribution in [-0.4, -0.2) is 67.6 Å². The van der Waals surface area contributed by atoms with E-state index in [9.17, 15) is 18.3 Å². The van der Waals surface area contributed by atoms with E-state index in [2.05, 4.69) is 50.9 Å². The second-order valence-electron chi connectivity index (χ2n) is 17.7. The molecule has 8 atom stereocenters. The lowest BCUT2D eigenvalue weighted by atomic mass is 9.33. The zero-order valence-electron chi connectivity index (χ0n) is 29.0. The van der Waals surface area contributed by atoms with Crippen LogP contribution in [0.3, 0.4) is 0 Å². The fraction of sp³-hybridized carbons (Fsp3) is 0.769. The average Bonchev–Trinajstić information content (AvgIpc) is 3.42. The normalized spacial score (nSPS) is 43.0. The average molecular weight is 651 g/mol. The van der Waals surface area contributed by atoms with Gasteiger partial charge in [0, 0.05) is 31.7 Å². The highest BCUT2D eigenvalue weighted by Crippen LogP contribution is 2.76. The van der Waals surface area contributed by atoms with E-state index in [-0.39, 0.29) is 16.4 Å². The maximum absolute atomic E-state index is 11.9. The number of aromatic carboxylic acids is 1. The molecule has 1 heterocycles. The number of hydrogen-bond donors (Lipinski definition) is 2. The van der Waals surface area contributed by atoms with Crippen LogP contribution in [0.1, 0.15) is 115 Å². The summed E-state index contributed by atoms with van der Waals surface area (Å²) >= 11 is 0. The van der Waals surface area contributed by atoms with E-state index in [1.807, 2.05) is 12.1 Å². The zero-order valence-corrected chi connectivity index (χ0v) is 29.9. The minimum atomic E-state index is -2.83. The predicted molar refractivity (Wildman–Crippen MR) is 185 cm³/mol. The smallest absolute Gasteiger partial charge is 0.335 e. The van der Waals surface area contributed by atoms with Crippen LogP contribution < -0.4 is 5.32 Å². The summed E-state index contributed by atoms with van der Waals surface area (Å²) in [4.78, 5) is 13.9. The molecule has 0 aromatic heterocycles. The van der Waals surface area contributed by atoms with Gasteiger partial charge in [0.05, 0.1) is 17.1 Å². The summed E-state index contributed by atoms with van der Waals surface area (Å²) in [5, 5.41) is 13.6. The van der Waals surface area contributed by atoms with Crippen molar-refractivity contribution in [3.8, 4) is 0 Å². The van der Waals surface area contributed by atoms with Crippen LogP contribution in [0, 0.1) is 45.3 Å². The van der Waals surface area contributed by atoms with Gasteiger partial charge in [0.2, 0.25) is 0 Å². The molecule has 1 aromatic carbocycles. The van der Waals surface area contributed by atoms with Gasteiger partial charge in [-0.15, -0.1) is 0 Å². The van der Waals surface area contributed by atoms with Crippen LogP contribution in [0.2, 0.25) is 0 Å². The van der Waals surface area contributed by atoms with Crippen molar-refractivity contribution in [3.63, 3.8) is 0 Å². The Morgan fingerprint density at radius 2 is 1.59 bits per heavy atom. The monoisotopic (exact) mass is 650 g/mol. The summed E-state index contributed by atoms with van der Waals surface area (Å²) < 4.78 is 23.9. The van der Waals surface area contributed by atoms with Gasteiger partial charge in [0.25, 0.3) is 0 Å². The minimum absolute atomic E-state index is 0.0342. The number of carboxylic acid groups (broad SMARTS) is 1. The zero-order chi connectivity index (χ0) is 32.8. The van der Waals surface area contributed by atoms with Crippen LogP contribution in [-0.2, 0) is 9.84 Å². The second-order valence-corrected chi connectivity index (χ2v) is 20.0. The molecule has 4 saturated carbocycles. The molecule has 6 nitrogen and oxygen atoms in total. The number of allylic oxidation sites excluding steroid dienone is 2. The molecular weight excluding hydrogens is 593 g/mol. The number of nitrogens with zero attached hydrogens (tertiary/aromatic N) is 1. The largest absolute Gasteiger partial charge is 0.478 e. The summed E-state index contributed by atoms with van der Waals surface area (Å²) in [7, 11) is -2.83. The maximum Gasteiger partial charge on any atom is 0.335 e. The Labute approximate surface area is 278 Å². The summed E-state index contributed by atoms with van der Waals surface area (Å²) in [5.41, 5.74) is 4.19. The van der Waals surface area contributed by atoms with E-state index in [4.69, 9.17) is 0 Å². The van der Waals surface area contributed by atoms with E-state index in [0.717, 1.165) is 31.3 Å². The Morgan fingerprint density at radius 1 is 0.870 bits per heavy atom. The molecule has 1 aliphatic heterocycles. The van der Waals surface area contributed by atoms with Crippen LogP contribution in [0.15, 0.2) is 30.3 Å². The van der Waals surface area contributed by atoms with Gasteiger partial charge in [-0.25, -0.2) is 13.2 Å². The highest BCUT2D eigenvalue weighted by Gasteiger charge is 2.69. The Bertz CT molecular complexity index is 1490. The third-order valence-electron chi connectivity index (χ3n) is 15.7. The first-order chi connectivity index (χ1) is 21.7. The van der Waals surface area contributed by atoms with Gasteiger partial charge in [-0.1, -0.05) is 59.2 Å². The molecule has 6 aliphatic rings. The van der Waals surface area contributed by atoms with Crippen molar-refractivity contribution >= 4 is 21.4 Å². The summed E-state index contributed by atoms with van der Waals surface area (Å²) in [6.45, 7) is 16.3. The van der Waals surface area contributed by atoms with Crippen molar-refractivity contribution in [2.45, 2.75) is 104 Å². The lowest BCUT2D eigenvalue weighted by Gasteiger charge is -2.72. The summed E-state index contributed by atoms with van der Waals surface area (Å²) in [6, 6.07) is 7.59. The number of fused-ring (bicyclic) bond motifs is 7. The molecule has 7 unspecified atom stereocenters. The number of nitrogens with one attached hydrogen (secondary N) is 1. The molecule has 0 amide bonds. The molecule has 7 rings (SSSR count). The van der Waals surface area contributed by atoms with Crippen molar-refractivity contribution < 1.29 is 18.3 Å². The van der Waals surface area contributed by atoms with E-state index in [0.29, 0.717) is 52.8 Å². The number of benzene rings is 1. The SMILES string of the molecule is CC1(C)C(c2ccc(C(=O)O)cc2)=CCC2(C)C1CCC1(C)C2CCC2C3CCCC3(NCCN3CCS(=O)(=O)CC3)CC[C@]21C. The Morgan fingerprint density at radius 3 is 2.28 bits per heavy atom.